The molecule has 0 aliphatic carbocycles. The van der Waals surface area contributed by atoms with Crippen LogP contribution in [-0.4, -0.2) is 31.4 Å². The van der Waals surface area contributed by atoms with Crippen LogP contribution >= 0.6 is 11.6 Å². The van der Waals surface area contributed by atoms with Crippen LogP contribution in [0.2, 0.25) is 5.02 Å². The molecule has 1 amide bonds. The number of ether oxygens (including phenoxy) is 1. The third-order valence-electron chi connectivity index (χ3n) is 3.31. The molecular formula is C15H17ClFNO3. The first-order valence-corrected chi connectivity index (χ1v) is 7.22. The minimum absolute atomic E-state index is 0.147. The van der Waals surface area contributed by atoms with Crippen molar-refractivity contribution >= 4 is 29.0 Å². The Morgan fingerprint density at radius 1 is 1.29 bits per heavy atom. The molecule has 1 aromatic carbocycles. The highest BCUT2D eigenvalue weighted by molar-refractivity contribution is 6.52. The summed E-state index contributed by atoms with van der Waals surface area (Å²) in [7, 11) is 0. The van der Waals surface area contributed by atoms with E-state index < -0.39 is 17.5 Å². The molecular weight excluding hydrogens is 297 g/mol. The van der Waals surface area contributed by atoms with Gasteiger partial charge in [-0.1, -0.05) is 25.4 Å². The van der Waals surface area contributed by atoms with Crippen LogP contribution in [0, 0.1) is 11.7 Å². The Morgan fingerprint density at radius 3 is 2.67 bits per heavy atom. The predicted octanol–water partition coefficient (Wildman–Crippen LogP) is 3.07. The quantitative estimate of drug-likeness (QED) is 0.599. The van der Waals surface area contributed by atoms with Crippen LogP contribution in [0.4, 0.5) is 10.1 Å². The van der Waals surface area contributed by atoms with E-state index in [-0.39, 0.29) is 22.8 Å². The third-order valence-corrected chi connectivity index (χ3v) is 3.60. The molecule has 0 N–H and O–H groups in total. The zero-order valence-electron chi connectivity index (χ0n) is 12.0. The molecule has 0 fully saturated rings. The third kappa shape index (κ3) is 3.41. The summed E-state index contributed by atoms with van der Waals surface area (Å²) >= 11 is 5.65. The Morgan fingerprint density at radius 2 is 2.00 bits per heavy atom. The van der Waals surface area contributed by atoms with Gasteiger partial charge in [0.05, 0.1) is 22.9 Å². The van der Waals surface area contributed by atoms with Gasteiger partial charge < -0.3 is 9.64 Å². The molecule has 0 spiro atoms. The Balaban J connectivity index is 2.03. The second kappa shape index (κ2) is 6.54. The van der Waals surface area contributed by atoms with Gasteiger partial charge >= 0.3 is 0 Å². The number of nitrogens with zero attached hydrogens (tertiary/aromatic N) is 1. The second-order valence-electron chi connectivity index (χ2n) is 5.36. The molecule has 0 bridgehead atoms. The van der Waals surface area contributed by atoms with Crippen LogP contribution in [-0.2, 0) is 9.53 Å². The summed E-state index contributed by atoms with van der Waals surface area (Å²) in [5.74, 6) is -1.44. The molecule has 0 saturated carbocycles. The van der Waals surface area contributed by atoms with Crippen molar-refractivity contribution in [3.63, 3.8) is 0 Å². The Hall–Kier alpha value is -1.46. The molecule has 0 radical (unpaired) electrons. The van der Waals surface area contributed by atoms with Gasteiger partial charge in [-0.2, -0.15) is 0 Å². The molecule has 0 unspecified atom stereocenters. The maximum atomic E-state index is 13.5. The molecule has 21 heavy (non-hydrogen) atoms. The molecule has 4 nitrogen and oxygen atoms in total. The maximum Gasteiger partial charge on any atom is 0.299 e. The molecule has 0 atom stereocenters. The Kier molecular flexibility index (Phi) is 4.96. The standard InChI is InChI=1S/C15H17ClFNO3/c1-9(2)3-5-21-6-4-18-13-8-12(17)11(16)7-10(13)14(19)15(18)20/h7-9H,3-6H2,1-2H3. The molecule has 0 aromatic heterocycles. The predicted molar refractivity (Wildman–Crippen MR) is 78.4 cm³/mol. The van der Waals surface area contributed by atoms with E-state index in [2.05, 4.69) is 13.8 Å². The number of fused-ring (bicyclic) bond motifs is 1. The normalized spacial score (nSPS) is 14.2. The molecule has 1 aliphatic rings. The van der Waals surface area contributed by atoms with Crippen molar-refractivity contribution in [2.24, 2.45) is 5.92 Å². The molecule has 2 rings (SSSR count). The Labute approximate surface area is 127 Å². The topological polar surface area (TPSA) is 46.6 Å². The number of hydrogen-bond donors (Lipinski definition) is 0. The largest absolute Gasteiger partial charge is 0.380 e. The lowest BCUT2D eigenvalue weighted by Gasteiger charge is -2.17. The van der Waals surface area contributed by atoms with Gasteiger partial charge in [0.1, 0.15) is 5.82 Å². The van der Waals surface area contributed by atoms with Crippen molar-refractivity contribution in [1.29, 1.82) is 0 Å². The fraction of sp³-hybridized carbons (Fsp3) is 0.467. The highest BCUT2D eigenvalue weighted by Crippen LogP contribution is 2.32. The fourth-order valence-electron chi connectivity index (χ4n) is 2.09. The lowest BCUT2D eigenvalue weighted by Crippen LogP contribution is -2.33. The van der Waals surface area contributed by atoms with E-state index in [9.17, 15) is 14.0 Å². The lowest BCUT2D eigenvalue weighted by atomic mass is 10.1. The summed E-state index contributed by atoms with van der Waals surface area (Å²) < 4.78 is 19.0. The number of carbonyl (C=O) groups excluding carboxylic acids is 2. The number of benzene rings is 1. The van der Waals surface area contributed by atoms with Gasteiger partial charge in [0.25, 0.3) is 11.7 Å². The van der Waals surface area contributed by atoms with Crippen LogP contribution in [0.25, 0.3) is 0 Å². The number of Topliss-reactive ketones (excluding diaryl/α,β-unsaturated/α-hetero) is 1. The van der Waals surface area contributed by atoms with Gasteiger partial charge in [0.15, 0.2) is 0 Å². The minimum atomic E-state index is -0.667. The molecule has 1 aromatic rings. The van der Waals surface area contributed by atoms with Crippen molar-refractivity contribution < 1.29 is 18.7 Å². The molecule has 1 aliphatic heterocycles. The van der Waals surface area contributed by atoms with E-state index >= 15 is 0 Å². The van der Waals surface area contributed by atoms with E-state index in [1.165, 1.54) is 11.0 Å². The maximum absolute atomic E-state index is 13.5. The fourth-order valence-corrected chi connectivity index (χ4v) is 2.25. The highest BCUT2D eigenvalue weighted by atomic mass is 35.5. The molecule has 0 saturated heterocycles. The van der Waals surface area contributed by atoms with Gasteiger partial charge in [0, 0.05) is 13.2 Å². The van der Waals surface area contributed by atoms with Gasteiger partial charge in [-0.25, -0.2) is 4.39 Å². The van der Waals surface area contributed by atoms with Crippen molar-refractivity contribution in [2.75, 3.05) is 24.7 Å². The summed E-state index contributed by atoms with van der Waals surface area (Å²) in [6.45, 7) is 5.30. The summed E-state index contributed by atoms with van der Waals surface area (Å²) in [5.41, 5.74) is 0.410. The SMILES string of the molecule is CC(C)CCOCCN1C(=O)C(=O)c2cc(Cl)c(F)cc21. The van der Waals surface area contributed by atoms with E-state index in [0.29, 0.717) is 19.1 Å². The van der Waals surface area contributed by atoms with Gasteiger partial charge in [-0.05, 0) is 24.5 Å². The zero-order valence-corrected chi connectivity index (χ0v) is 12.7. The van der Waals surface area contributed by atoms with Crippen molar-refractivity contribution in [3.8, 4) is 0 Å². The van der Waals surface area contributed by atoms with Crippen LogP contribution in [0.15, 0.2) is 12.1 Å². The second-order valence-corrected chi connectivity index (χ2v) is 5.77. The smallest absolute Gasteiger partial charge is 0.299 e. The number of amides is 1. The number of anilines is 1. The average Bonchev–Trinajstić information content (AvgIpc) is 2.64. The highest BCUT2D eigenvalue weighted by Gasteiger charge is 2.36. The number of rotatable bonds is 6. The first kappa shape index (κ1) is 15.9. The number of ketones is 1. The number of carbonyl (C=O) groups is 2. The Bertz CT molecular complexity index is 574. The van der Waals surface area contributed by atoms with Crippen LogP contribution in [0.1, 0.15) is 30.6 Å². The van der Waals surface area contributed by atoms with Gasteiger partial charge in [-0.3, -0.25) is 9.59 Å². The summed E-state index contributed by atoms with van der Waals surface area (Å²) in [5, 5.41) is -0.162. The van der Waals surface area contributed by atoms with Crippen molar-refractivity contribution in [2.45, 2.75) is 20.3 Å². The first-order chi connectivity index (χ1) is 9.91. The van der Waals surface area contributed by atoms with E-state index in [1.807, 2.05) is 0 Å². The van der Waals surface area contributed by atoms with Crippen molar-refractivity contribution in [1.82, 2.24) is 0 Å². The number of hydrogen-bond acceptors (Lipinski definition) is 3. The zero-order chi connectivity index (χ0) is 15.6. The first-order valence-electron chi connectivity index (χ1n) is 6.84. The molecule has 6 heteroatoms. The summed E-state index contributed by atoms with van der Waals surface area (Å²) in [6.07, 6.45) is 0.924. The molecule has 114 valence electrons. The summed E-state index contributed by atoms with van der Waals surface area (Å²) in [4.78, 5) is 25.0. The van der Waals surface area contributed by atoms with E-state index in [4.69, 9.17) is 16.3 Å². The van der Waals surface area contributed by atoms with Crippen LogP contribution < -0.4 is 4.90 Å². The van der Waals surface area contributed by atoms with E-state index in [1.54, 1.807) is 0 Å². The monoisotopic (exact) mass is 313 g/mol. The average molecular weight is 314 g/mol. The van der Waals surface area contributed by atoms with Crippen molar-refractivity contribution in [3.05, 3.63) is 28.5 Å². The molecule has 1 heterocycles. The summed E-state index contributed by atoms with van der Waals surface area (Å²) in [6, 6.07) is 2.32. The van der Waals surface area contributed by atoms with Gasteiger partial charge in [0.2, 0.25) is 0 Å². The van der Waals surface area contributed by atoms with Crippen LogP contribution in [0.5, 0.6) is 0 Å². The number of halogens is 2. The minimum Gasteiger partial charge on any atom is -0.380 e. The van der Waals surface area contributed by atoms with Gasteiger partial charge in [-0.15, -0.1) is 0 Å². The lowest BCUT2D eigenvalue weighted by molar-refractivity contribution is -0.114. The van der Waals surface area contributed by atoms with Crippen LogP contribution in [0.3, 0.4) is 0 Å². The van der Waals surface area contributed by atoms with E-state index in [0.717, 1.165) is 12.5 Å².